The predicted molar refractivity (Wildman–Crippen MR) is 128 cm³/mol. The number of carbonyl (C=O) groups excluding carboxylic acids is 2. The second kappa shape index (κ2) is 16.6. The molecule has 6 N–H and O–H groups in total. The van der Waals surface area contributed by atoms with Crippen LogP contribution in [-0.4, -0.2) is 52.5 Å². The fraction of sp³-hybridized carbons (Fsp3) is 0.565. The number of amides is 3. The van der Waals surface area contributed by atoms with Crippen molar-refractivity contribution in [1.82, 2.24) is 10.2 Å². The number of urea groups is 1. The SMILES string of the molecule is C=C/C=C\C=C/C.CC1CCC(NC(=O)N2C(=O)C[C@H]2C(=O)O)CC1.CCCN=C(N)N. The summed E-state index contributed by atoms with van der Waals surface area (Å²) < 4.78 is 0. The number of nitrogens with zero attached hydrogens (tertiary/aromatic N) is 2. The fourth-order valence-electron chi connectivity index (χ4n) is 3.01. The standard InChI is InChI=1S/C12H18N2O4.C7H10.C4H11N3/c1-7-2-4-8(5-3-7)13-12(18)14-9(11(16)17)6-10(14)15;1-3-5-7-6-4-2;1-2-3-7-4(5)6/h7-9H,2-6H2,1H3,(H,13,18)(H,16,17);3-7H,1H2,2H3;2-3H2,1H3,(H4,5,6,7)/b;6-4-,7-5-;/t7?,8?,9-;;/m0../s1. The highest BCUT2D eigenvalue weighted by Gasteiger charge is 2.46. The van der Waals surface area contributed by atoms with Gasteiger partial charge in [0.1, 0.15) is 6.04 Å². The highest BCUT2D eigenvalue weighted by atomic mass is 16.4. The van der Waals surface area contributed by atoms with E-state index >= 15 is 0 Å². The number of guanidine groups is 1. The summed E-state index contributed by atoms with van der Waals surface area (Å²) in [4.78, 5) is 38.5. The number of allylic oxidation sites excluding steroid dienone is 5. The van der Waals surface area contributed by atoms with Gasteiger partial charge in [-0.05, 0) is 44.9 Å². The molecule has 0 aromatic rings. The van der Waals surface area contributed by atoms with E-state index in [4.69, 9.17) is 16.6 Å². The van der Waals surface area contributed by atoms with E-state index in [1.54, 1.807) is 6.08 Å². The van der Waals surface area contributed by atoms with Crippen molar-refractivity contribution in [3.63, 3.8) is 0 Å². The zero-order valence-corrected chi connectivity index (χ0v) is 19.5. The Morgan fingerprint density at radius 1 is 1.22 bits per heavy atom. The molecule has 32 heavy (non-hydrogen) atoms. The molecular weight excluding hydrogens is 410 g/mol. The maximum atomic E-state index is 11.8. The van der Waals surface area contributed by atoms with Crippen LogP contribution in [0.5, 0.6) is 0 Å². The minimum Gasteiger partial charge on any atom is -0.480 e. The smallest absolute Gasteiger partial charge is 0.327 e. The summed E-state index contributed by atoms with van der Waals surface area (Å²) in [6, 6.07) is -1.48. The molecule has 0 aromatic heterocycles. The zero-order chi connectivity index (χ0) is 24.5. The monoisotopic (exact) mass is 449 g/mol. The van der Waals surface area contributed by atoms with Gasteiger partial charge in [-0.1, -0.05) is 50.8 Å². The first-order valence-electron chi connectivity index (χ1n) is 11.0. The van der Waals surface area contributed by atoms with Crippen LogP contribution in [0.1, 0.15) is 59.3 Å². The number of aliphatic carboxylic acids is 1. The van der Waals surface area contributed by atoms with Gasteiger partial charge < -0.3 is 21.9 Å². The number of hydrogen-bond donors (Lipinski definition) is 4. The number of likely N-dealkylation sites (tertiary alicyclic amines) is 1. The van der Waals surface area contributed by atoms with Crippen LogP contribution in [0.25, 0.3) is 0 Å². The van der Waals surface area contributed by atoms with Gasteiger partial charge in [0.2, 0.25) is 5.91 Å². The minimum absolute atomic E-state index is 0.0662. The minimum atomic E-state index is -1.12. The third-order valence-electron chi connectivity index (χ3n) is 4.86. The molecule has 180 valence electrons. The van der Waals surface area contributed by atoms with Crippen molar-refractivity contribution in [2.45, 2.75) is 71.4 Å². The van der Waals surface area contributed by atoms with Crippen molar-refractivity contribution in [2.24, 2.45) is 22.4 Å². The average Bonchev–Trinajstić information content (AvgIpc) is 2.73. The summed E-state index contributed by atoms with van der Waals surface area (Å²) in [7, 11) is 0. The summed E-state index contributed by atoms with van der Waals surface area (Å²) in [6.45, 7) is 10.4. The number of carboxylic acid groups (broad SMARTS) is 1. The molecule has 2 fully saturated rings. The number of nitrogens with two attached hydrogens (primary N) is 2. The van der Waals surface area contributed by atoms with Gasteiger partial charge in [0, 0.05) is 12.6 Å². The third-order valence-corrected chi connectivity index (χ3v) is 4.86. The Kier molecular flexibility index (Phi) is 15.0. The van der Waals surface area contributed by atoms with E-state index < -0.39 is 23.9 Å². The van der Waals surface area contributed by atoms with Crippen LogP contribution >= 0.6 is 0 Å². The van der Waals surface area contributed by atoms with E-state index in [-0.39, 0.29) is 18.4 Å². The Hall–Kier alpha value is -3.10. The number of β-lactam (4-membered cyclic amide) rings is 1. The predicted octanol–water partition coefficient (Wildman–Crippen LogP) is 2.93. The molecule has 1 aliphatic carbocycles. The largest absolute Gasteiger partial charge is 0.480 e. The quantitative estimate of drug-likeness (QED) is 0.212. The molecule has 1 saturated carbocycles. The molecule has 9 heteroatoms. The summed E-state index contributed by atoms with van der Waals surface area (Å²) in [6.07, 6.45) is 14.3. The lowest BCUT2D eigenvalue weighted by Gasteiger charge is -2.37. The van der Waals surface area contributed by atoms with Crippen molar-refractivity contribution in [3.8, 4) is 0 Å². The summed E-state index contributed by atoms with van der Waals surface area (Å²) in [5.74, 6) is -0.677. The van der Waals surface area contributed by atoms with Crippen LogP contribution in [0.4, 0.5) is 4.79 Å². The molecule has 2 rings (SSSR count). The summed E-state index contributed by atoms with van der Waals surface area (Å²) >= 11 is 0. The lowest BCUT2D eigenvalue weighted by molar-refractivity contribution is -0.157. The van der Waals surface area contributed by atoms with Gasteiger partial charge in [0.05, 0.1) is 6.42 Å². The Bertz CT molecular complexity index is 691. The Balaban J connectivity index is 0.000000570. The molecule has 0 spiro atoms. The van der Waals surface area contributed by atoms with E-state index in [0.717, 1.165) is 43.5 Å². The van der Waals surface area contributed by atoms with E-state index in [1.165, 1.54) is 0 Å². The van der Waals surface area contributed by atoms with Crippen LogP contribution in [0.15, 0.2) is 42.0 Å². The van der Waals surface area contributed by atoms with Gasteiger partial charge in [0.25, 0.3) is 0 Å². The molecule has 1 heterocycles. The van der Waals surface area contributed by atoms with E-state index in [2.05, 4.69) is 23.8 Å². The first kappa shape index (κ1) is 28.9. The molecule has 0 bridgehead atoms. The zero-order valence-electron chi connectivity index (χ0n) is 19.5. The lowest BCUT2D eigenvalue weighted by atomic mass is 9.87. The highest BCUT2D eigenvalue weighted by molar-refractivity contribution is 6.05. The van der Waals surface area contributed by atoms with Gasteiger partial charge in [-0.15, -0.1) is 0 Å². The number of carbonyl (C=O) groups is 3. The normalized spacial score (nSPS) is 22.0. The molecule has 1 atom stereocenters. The van der Waals surface area contributed by atoms with Crippen LogP contribution in [0.3, 0.4) is 0 Å². The van der Waals surface area contributed by atoms with E-state index in [9.17, 15) is 14.4 Å². The molecule has 0 aromatic carbocycles. The molecule has 3 amide bonds. The average molecular weight is 450 g/mol. The molecule has 0 radical (unpaired) electrons. The number of hydrogen-bond acceptors (Lipinski definition) is 4. The van der Waals surface area contributed by atoms with E-state index in [1.807, 2.05) is 38.2 Å². The third kappa shape index (κ3) is 11.9. The lowest BCUT2D eigenvalue weighted by Crippen LogP contribution is -2.62. The summed E-state index contributed by atoms with van der Waals surface area (Å²) in [5, 5.41) is 11.6. The molecule has 1 saturated heterocycles. The fourth-order valence-corrected chi connectivity index (χ4v) is 3.01. The number of imide groups is 1. The first-order valence-corrected chi connectivity index (χ1v) is 11.0. The molecule has 9 nitrogen and oxygen atoms in total. The van der Waals surface area contributed by atoms with Crippen molar-refractivity contribution in [3.05, 3.63) is 37.0 Å². The van der Waals surface area contributed by atoms with Crippen molar-refractivity contribution < 1.29 is 19.5 Å². The molecule has 0 unspecified atom stereocenters. The maximum absolute atomic E-state index is 11.8. The number of carboxylic acids is 1. The van der Waals surface area contributed by atoms with Crippen molar-refractivity contribution >= 4 is 23.9 Å². The van der Waals surface area contributed by atoms with Crippen LogP contribution < -0.4 is 16.8 Å². The second-order valence-electron chi connectivity index (χ2n) is 7.68. The van der Waals surface area contributed by atoms with Gasteiger partial charge in [0.15, 0.2) is 5.96 Å². The Morgan fingerprint density at radius 2 is 1.84 bits per heavy atom. The Labute approximate surface area is 191 Å². The topological polar surface area (TPSA) is 151 Å². The number of aliphatic imine (C=N–C) groups is 1. The summed E-state index contributed by atoms with van der Waals surface area (Å²) in [5.41, 5.74) is 10.0. The first-order chi connectivity index (χ1) is 15.2. The van der Waals surface area contributed by atoms with Gasteiger partial charge >= 0.3 is 12.0 Å². The number of nitrogens with one attached hydrogen (secondary N) is 1. The molecule has 1 aliphatic heterocycles. The molecule has 2 aliphatic rings. The van der Waals surface area contributed by atoms with Crippen molar-refractivity contribution in [2.75, 3.05) is 6.54 Å². The second-order valence-corrected chi connectivity index (χ2v) is 7.68. The van der Waals surface area contributed by atoms with Crippen molar-refractivity contribution in [1.29, 1.82) is 0 Å². The van der Waals surface area contributed by atoms with Crippen LogP contribution in [0, 0.1) is 5.92 Å². The van der Waals surface area contributed by atoms with Gasteiger partial charge in [-0.25, -0.2) is 14.5 Å². The van der Waals surface area contributed by atoms with E-state index in [0.29, 0.717) is 5.92 Å². The highest BCUT2D eigenvalue weighted by Crippen LogP contribution is 2.25. The Morgan fingerprint density at radius 3 is 2.25 bits per heavy atom. The molecular formula is C23H39N5O4. The van der Waals surface area contributed by atoms with Gasteiger partial charge in [-0.3, -0.25) is 9.79 Å². The maximum Gasteiger partial charge on any atom is 0.327 e. The number of rotatable bonds is 6. The van der Waals surface area contributed by atoms with Crippen LogP contribution in [-0.2, 0) is 9.59 Å². The van der Waals surface area contributed by atoms with Gasteiger partial charge in [-0.2, -0.15) is 0 Å². The van der Waals surface area contributed by atoms with Crippen LogP contribution in [0.2, 0.25) is 0 Å².